The molecule has 5 heteroatoms. The van der Waals surface area contributed by atoms with Gasteiger partial charge in [0, 0.05) is 18.6 Å². The number of halogens is 3. The molecule has 18 heavy (non-hydrogen) atoms. The molecule has 106 valence electrons. The zero-order valence-electron chi connectivity index (χ0n) is 11.0. The van der Waals surface area contributed by atoms with E-state index in [0.717, 1.165) is 25.7 Å². The number of nitrogens with one attached hydrogen (secondary N) is 1. The Morgan fingerprint density at radius 2 is 1.78 bits per heavy atom. The van der Waals surface area contributed by atoms with Crippen molar-refractivity contribution in [1.29, 1.82) is 0 Å². The highest BCUT2D eigenvalue weighted by atomic mass is 19.4. The molecule has 0 aromatic carbocycles. The maximum atomic E-state index is 12.6. The third-order valence-electron chi connectivity index (χ3n) is 4.22. The fourth-order valence-corrected chi connectivity index (χ4v) is 3.10. The Balaban J connectivity index is 1.89. The van der Waals surface area contributed by atoms with Crippen LogP contribution in [0.4, 0.5) is 13.2 Å². The Kier molecular flexibility index (Phi) is 4.54. The van der Waals surface area contributed by atoms with Crippen molar-refractivity contribution in [3.63, 3.8) is 0 Å². The van der Waals surface area contributed by atoms with Crippen molar-refractivity contribution in [2.24, 2.45) is 5.92 Å². The van der Waals surface area contributed by atoms with Gasteiger partial charge in [-0.2, -0.15) is 13.2 Å². The van der Waals surface area contributed by atoms with Crippen LogP contribution in [0.25, 0.3) is 0 Å². The molecule has 0 heterocycles. The van der Waals surface area contributed by atoms with E-state index in [9.17, 15) is 13.2 Å². The second-order valence-electron chi connectivity index (χ2n) is 5.72. The van der Waals surface area contributed by atoms with Gasteiger partial charge in [-0.15, -0.1) is 0 Å². The minimum absolute atomic E-state index is 0.170. The molecule has 0 aromatic rings. The predicted molar refractivity (Wildman–Crippen MR) is 65.5 cm³/mol. The SMILES string of the molecule is CNC(CN(CC(F)(F)F)C1CC1)C1CCCC1. The standard InChI is InChI=1S/C13H23F3N2/c1-17-12(10-4-2-3-5-10)8-18(11-6-7-11)9-13(14,15)16/h10-12,17H,2-9H2,1H3. The Morgan fingerprint density at radius 3 is 2.22 bits per heavy atom. The number of nitrogens with zero attached hydrogens (tertiary/aromatic N) is 1. The van der Waals surface area contributed by atoms with E-state index in [0.29, 0.717) is 12.5 Å². The summed E-state index contributed by atoms with van der Waals surface area (Å²) in [6.45, 7) is -0.200. The molecule has 0 aromatic heterocycles. The molecule has 2 nitrogen and oxygen atoms in total. The average Bonchev–Trinajstić information content (AvgIpc) is 2.99. The van der Waals surface area contributed by atoms with Gasteiger partial charge in [-0.05, 0) is 38.6 Å². The fraction of sp³-hybridized carbons (Fsp3) is 1.00. The van der Waals surface area contributed by atoms with Gasteiger partial charge in [0.1, 0.15) is 0 Å². The Hall–Kier alpha value is -0.290. The highest BCUT2D eigenvalue weighted by molar-refractivity contribution is 4.90. The second kappa shape index (κ2) is 5.78. The van der Waals surface area contributed by atoms with Crippen LogP contribution in [0, 0.1) is 5.92 Å². The number of hydrogen-bond donors (Lipinski definition) is 1. The lowest BCUT2D eigenvalue weighted by molar-refractivity contribution is -0.148. The van der Waals surface area contributed by atoms with E-state index < -0.39 is 12.7 Å². The second-order valence-corrected chi connectivity index (χ2v) is 5.72. The summed E-state index contributed by atoms with van der Waals surface area (Å²) < 4.78 is 37.7. The molecule has 1 atom stereocenters. The third kappa shape index (κ3) is 4.12. The minimum atomic E-state index is -4.07. The summed E-state index contributed by atoms with van der Waals surface area (Å²) in [6, 6.07) is 0.388. The van der Waals surface area contributed by atoms with Crippen molar-refractivity contribution in [3.8, 4) is 0 Å². The van der Waals surface area contributed by atoms with Crippen molar-refractivity contribution < 1.29 is 13.2 Å². The normalized spacial score (nSPS) is 23.8. The topological polar surface area (TPSA) is 15.3 Å². The lowest BCUT2D eigenvalue weighted by Crippen LogP contribution is -2.47. The van der Waals surface area contributed by atoms with Crippen molar-refractivity contribution in [3.05, 3.63) is 0 Å². The minimum Gasteiger partial charge on any atom is -0.315 e. The summed E-state index contributed by atoms with van der Waals surface area (Å²) in [7, 11) is 1.88. The molecule has 0 aliphatic heterocycles. The van der Waals surface area contributed by atoms with Crippen LogP contribution in [0.5, 0.6) is 0 Å². The molecule has 2 rings (SSSR count). The van der Waals surface area contributed by atoms with E-state index in [2.05, 4.69) is 5.32 Å². The van der Waals surface area contributed by atoms with E-state index in [1.165, 1.54) is 12.8 Å². The molecule has 1 N–H and O–H groups in total. The monoisotopic (exact) mass is 264 g/mol. The quantitative estimate of drug-likeness (QED) is 0.793. The molecule has 2 aliphatic carbocycles. The first kappa shape index (κ1) is 14.1. The van der Waals surface area contributed by atoms with E-state index in [1.807, 2.05) is 7.05 Å². The van der Waals surface area contributed by atoms with Gasteiger partial charge in [-0.25, -0.2) is 0 Å². The van der Waals surface area contributed by atoms with Gasteiger partial charge in [-0.3, -0.25) is 4.90 Å². The van der Waals surface area contributed by atoms with E-state index >= 15 is 0 Å². The number of alkyl halides is 3. The van der Waals surface area contributed by atoms with Crippen molar-refractivity contribution in [1.82, 2.24) is 10.2 Å². The molecule has 0 saturated heterocycles. The van der Waals surface area contributed by atoms with E-state index in [4.69, 9.17) is 0 Å². The predicted octanol–water partition coefficient (Wildman–Crippen LogP) is 2.79. The lowest BCUT2D eigenvalue weighted by atomic mass is 9.97. The largest absolute Gasteiger partial charge is 0.401 e. The van der Waals surface area contributed by atoms with Crippen LogP contribution in [0.3, 0.4) is 0 Å². The molecule has 2 saturated carbocycles. The molecular formula is C13H23F3N2. The molecule has 0 radical (unpaired) electrons. The molecule has 2 fully saturated rings. The van der Waals surface area contributed by atoms with Crippen molar-refractivity contribution in [2.75, 3.05) is 20.1 Å². The summed E-state index contributed by atoms with van der Waals surface area (Å²) >= 11 is 0. The summed E-state index contributed by atoms with van der Waals surface area (Å²) in [5.74, 6) is 0.560. The third-order valence-corrected chi connectivity index (χ3v) is 4.22. The van der Waals surface area contributed by atoms with Crippen LogP contribution in [0.2, 0.25) is 0 Å². The van der Waals surface area contributed by atoms with Gasteiger partial charge in [-0.1, -0.05) is 12.8 Å². The molecule has 0 spiro atoms. The van der Waals surface area contributed by atoms with Crippen LogP contribution in [-0.2, 0) is 0 Å². The zero-order valence-corrected chi connectivity index (χ0v) is 11.0. The molecule has 1 unspecified atom stereocenters. The summed E-state index contributed by atoms with van der Waals surface area (Å²) in [5.41, 5.74) is 0. The summed E-state index contributed by atoms with van der Waals surface area (Å²) in [5, 5.41) is 3.23. The van der Waals surface area contributed by atoms with E-state index in [1.54, 1.807) is 4.90 Å². The van der Waals surface area contributed by atoms with Crippen molar-refractivity contribution in [2.45, 2.75) is 56.8 Å². The highest BCUT2D eigenvalue weighted by Crippen LogP contribution is 2.33. The first-order chi connectivity index (χ1) is 8.49. The molecule has 0 amide bonds. The maximum Gasteiger partial charge on any atom is 0.401 e. The Labute approximate surface area is 107 Å². The fourth-order valence-electron chi connectivity index (χ4n) is 3.10. The average molecular weight is 264 g/mol. The first-order valence-electron chi connectivity index (χ1n) is 6.97. The van der Waals surface area contributed by atoms with E-state index in [-0.39, 0.29) is 12.1 Å². The van der Waals surface area contributed by atoms with Gasteiger partial charge < -0.3 is 5.32 Å². The molecule has 2 aliphatic rings. The van der Waals surface area contributed by atoms with Gasteiger partial charge in [0.05, 0.1) is 6.54 Å². The van der Waals surface area contributed by atoms with Crippen LogP contribution >= 0.6 is 0 Å². The Morgan fingerprint density at radius 1 is 1.17 bits per heavy atom. The first-order valence-corrected chi connectivity index (χ1v) is 6.97. The molecular weight excluding hydrogens is 241 g/mol. The summed E-state index contributed by atoms with van der Waals surface area (Å²) in [4.78, 5) is 1.64. The highest BCUT2D eigenvalue weighted by Gasteiger charge is 2.39. The van der Waals surface area contributed by atoms with Gasteiger partial charge in [0.2, 0.25) is 0 Å². The number of hydrogen-bond acceptors (Lipinski definition) is 2. The molecule has 0 bridgehead atoms. The maximum absolute atomic E-state index is 12.6. The van der Waals surface area contributed by atoms with Gasteiger partial charge in [0.25, 0.3) is 0 Å². The number of rotatable bonds is 6. The van der Waals surface area contributed by atoms with Crippen LogP contribution < -0.4 is 5.32 Å². The zero-order chi connectivity index (χ0) is 13.2. The Bertz CT molecular complexity index is 257. The van der Waals surface area contributed by atoms with Crippen LogP contribution in [0.15, 0.2) is 0 Å². The number of likely N-dealkylation sites (N-methyl/N-ethyl adjacent to an activating group) is 1. The van der Waals surface area contributed by atoms with Gasteiger partial charge in [0.15, 0.2) is 0 Å². The smallest absolute Gasteiger partial charge is 0.315 e. The lowest BCUT2D eigenvalue weighted by Gasteiger charge is -2.31. The summed E-state index contributed by atoms with van der Waals surface area (Å²) in [6.07, 6.45) is 2.56. The van der Waals surface area contributed by atoms with Gasteiger partial charge >= 0.3 is 6.18 Å². The van der Waals surface area contributed by atoms with Crippen LogP contribution in [-0.4, -0.2) is 43.3 Å². The van der Waals surface area contributed by atoms with Crippen molar-refractivity contribution >= 4 is 0 Å². The van der Waals surface area contributed by atoms with Crippen LogP contribution in [0.1, 0.15) is 38.5 Å².